The Kier molecular flexibility index (Phi) is 5.00. The average Bonchev–Trinajstić information content (AvgIpc) is 3.27. The molecule has 0 bridgehead atoms. The summed E-state index contributed by atoms with van der Waals surface area (Å²) >= 11 is 0. The van der Waals surface area contributed by atoms with E-state index in [1.807, 2.05) is 22.8 Å². The van der Waals surface area contributed by atoms with Gasteiger partial charge in [0.25, 0.3) is 0 Å². The van der Waals surface area contributed by atoms with Gasteiger partial charge in [0.2, 0.25) is 5.78 Å². The van der Waals surface area contributed by atoms with E-state index >= 15 is 0 Å². The van der Waals surface area contributed by atoms with Gasteiger partial charge in [0.1, 0.15) is 12.1 Å². The lowest BCUT2D eigenvalue weighted by Gasteiger charge is -2.07. The van der Waals surface area contributed by atoms with Crippen LogP contribution in [0.1, 0.15) is 27.6 Å². The number of aromatic nitrogens is 5. The molecule has 2 N–H and O–H groups in total. The second kappa shape index (κ2) is 7.54. The molecule has 0 unspecified atom stereocenters. The fourth-order valence-corrected chi connectivity index (χ4v) is 2.38. The van der Waals surface area contributed by atoms with Crippen molar-refractivity contribution >= 4 is 11.5 Å². The van der Waals surface area contributed by atoms with E-state index < -0.39 is 5.78 Å². The number of nitrogens with zero attached hydrogens (tertiary/aromatic N) is 4. The zero-order valence-electron chi connectivity index (χ0n) is 13.6. The molecule has 3 aromatic heterocycles. The molecule has 0 aliphatic carbocycles. The van der Waals surface area contributed by atoms with Crippen LogP contribution >= 0.6 is 0 Å². The molecule has 0 amide bonds. The molecule has 0 atom stereocenters. The topological polar surface area (TPSA) is 106 Å². The van der Waals surface area contributed by atoms with Gasteiger partial charge in [0.15, 0.2) is 5.82 Å². The summed E-state index contributed by atoms with van der Waals surface area (Å²) in [4.78, 5) is 20.1. The predicted molar refractivity (Wildman–Crippen MR) is 89.8 cm³/mol. The molecule has 0 aliphatic heterocycles. The van der Waals surface area contributed by atoms with E-state index in [-0.39, 0.29) is 11.6 Å². The number of H-pyrrole nitrogens is 1. The first-order chi connectivity index (χ1) is 12.2. The van der Waals surface area contributed by atoms with E-state index in [1.165, 1.54) is 6.33 Å². The summed E-state index contributed by atoms with van der Waals surface area (Å²) in [6, 6.07) is 7.45. The summed E-state index contributed by atoms with van der Waals surface area (Å²) in [5.74, 6) is -0.545. The molecule has 0 radical (unpaired) electrons. The SMILES string of the molecule is COCc1cc(C(O)=CC(=O)c2ncn[nH]2)cn1Cc1ccccn1. The number of ketones is 1. The molecule has 3 aromatic rings. The van der Waals surface area contributed by atoms with Crippen molar-refractivity contribution in [3.8, 4) is 0 Å². The van der Waals surface area contributed by atoms with Crippen LogP contribution < -0.4 is 0 Å². The second-order valence-corrected chi connectivity index (χ2v) is 5.33. The standard InChI is InChI=1S/C17H17N5O3/c1-25-10-14-6-12(8-22(14)9-13-4-2-3-5-18-13)15(23)7-16(24)17-19-11-20-21-17/h2-8,11,23H,9-10H2,1H3,(H,19,20,21). The van der Waals surface area contributed by atoms with Crippen molar-refractivity contribution in [2.45, 2.75) is 13.2 Å². The van der Waals surface area contributed by atoms with E-state index in [4.69, 9.17) is 4.74 Å². The number of ether oxygens (including phenoxy) is 1. The quantitative estimate of drug-likeness (QED) is 0.387. The molecule has 3 heterocycles. The number of pyridine rings is 1. The van der Waals surface area contributed by atoms with Crippen LogP contribution in [0.4, 0.5) is 0 Å². The van der Waals surface area contributed by atoms with Crippen molar-refractivity contribution in [1.29, 1.82) is 0 Å². The maximum absolute atomic E-state index is 12.0. The highest BCUT2D eigenvalue weighted by Gasteiger charge is 2.13. The van der Waals surface area contributed by atoms with E-state index in [2.05, 4.69) is 20.2 Å². The summed E-state index contributed by atoms with van der Waals surface area (Å²) < 4.78 is 7.13. The number of aliphatic hydroxyl groups excluding tert-OH is 1. The largest absolute Gasteiger partial charge is 0.507 e. The van der Waals surface area contributed by atoms with Gasteiger partial charge in [-0.05, 0) is 18.2 Å². The van der Waals surface area contributed by atoms with Crippen LogP contribution in [0, 0.1) is 0 Å². The number of aromatic amines is 1. The molecular weight excluding hydrogens is 322 g/mol. The van der Waals surface area contributed by atoms with Gasteiger partial charge >= 0.3 is 0 Å². The van der Waals surface area contributed by atoms with Gasteiger partial charge in [-0.15, -0.1) is 0 Å². The van der Waals surface area contributed by atoms with Crippen molar-refractivity contribution in [3.05, 3.63) is 71.8 Å². The Hall–Kier alpha value is -3.26. The third-order valence-electron chi connectivity index (χ3n) is 3.55. The minimum atomic E-state index is -0.458. The van der Waals surface area contributed by atoms with Crippen LogP contribution in [0.15, 0.2) is 49.1 Å². The number of hydrogen-bond acceptors (Lipinski definition) is 6. The number of carbonyl (C=O) groups excluding carboxylic acids is 1. The highest BCUT2D eigenvalue weighted by Crippen LogP contribution is 2.18. The van der Waals surface area contributed by atoms with E-state index in [1.54, 1.807) is 25.6 Å². The number of methoxy groups -OCH3 is 1. The number of hydrogen-bond donors (Lipinski definition) is 2. The van der Waals surface area contributed by atoms with E-state index in [0.29, 0.717) is 18.7 Å². The summed E-state index contributed by atoms with van der Waals surface area (Å²) in [5, 5.41) is 16.4. The van der Waals surface area contributed by atoms with Gasteiger partial charge in [-0.2, -0.15) is 5.10 Å². The Morgan fingerprint density at radius 3 is 2.96 bits per heavy atom. The highest BCUT2D eigenvalue weighted by atomic mass is 16.5. The molecule has 0 spiro atoms. The number of carbonyl (C=O) groups is 1. The van der Waals surface area contributed by atoms with Gasteiger partial charge in [0, 0.05) is 36.8 Å². The van der Waals surface area contributed by atoms with Crippen LogP contribution in [0.2, 0.25) is 0 Å². The summed E-state index contributed by atoms with van der Waals surface area (Å²) in [6.45, 7) is 0.902. The molecule has 3 rings (SSSR count). The number of aliphatic hydroxyl groups is 1. The minimum Gasteiger partial charge on any atom is -0.507 e. The molecular formula is C17H17N5O3. The Morgan fingerprint density at radius 2 is 2.28 bits per heavy atom. The smallest absolute Gasteiger partial charge is 0.226 e. The molecule has 8 heteroatoms. The van der Waals surface area contributed by atoms with Crippen LogP contribution in [-0.2, 0) is 17.9 Å². The normalized spacial score (nSPS) is 11.6. The van der Waals surface area contributed by atoms with E-state index in [9.17, 15) is 9.90 Å². The van der Waals surface area contributed by atoms with Crippen molar-refractivity contribution < 1.29 is 14.6 Å². The third-order valence-corrected chi connectivity index (χ3v) is 3.55. The Morgan fingerprint density at radius 1 is 1.40 bits per heavy atom. The molecule has 128 valence electrons. The second-order valence-electron chi connectivity index (χ2n) is 5.33. The fraction of sp³-hybridized carbons (Fsp3) is 0.176. The first kappa shape index (κ1) is 16.6. The van der Waals surface area contributed by atoms with Crippen molar-refractivity contribution in [1.82, 2.24) is 24.7 Å². The monoisotopic (exact) mass is 339 g/mol. The number of allylic oxidation sites excluding steroid dienone is 1. The van der Waals surface area contributed by atoms with Gasteiger partial charge in [-0.1, -0.05) is 6.07 Å². The van der Waals surface area contributed by atoms with Crippen LogP contribution in [0.5, 0.6) is 0 Å². The van der Waals surface area contributed by atoms with Gasteiger partial charge in [0.05, 0.1) is 18.8 Å². The lowest BCUT2D eigenvalue weighted by Crippen LogP contribution is -2.05. The number of nitrogens with one attached hydrogen (secondary N) is 1. The molecule has 0 saturated heterocycles. The van der Waals surface area contributed by atoms with Crippen LogP contribution in [0.25, 0.3) is 5.76 Å². The fourth-order valence-electron chi connectivity index (χ4n) is 2.38. The lowest BCUT2D eigenvalue weighted by molar-refractivity contribution is 0.103. The predicted octanol–water partition coefficient (Wildman–Crippen LogP) is 1.98. The molecule has 8 nitrogen and oxygen atoms in total. The Bertz CT molecular complexity index is 869. The molecule has 0 aromatic carbocycles. The third kappa shape index (κ3) is 3.99. The average molecular weight is 339 g/mol. The van der Waals surface area contributed by atoms with Crippen molar-refractivity contribution in [3.63, 3.8) is 0 Å². The first-order valence-corrected chi connectivity index (χ1v) is 7.56. The molecule has 0 aliphatic rings. The molecule has 0 saturated carbocycles. The highest BCUT2D eigenvalue weighted by molar-refractivity contribution is 6.05. The first-order valence-electron chi connectivity index (χ1n) is 7.56. The van der Waals surface area contributed by atoms with Gasteiger partial charge in [-0.25, -0.2) is 4.98 Å². The Balaban J connectivity index is 1.86. The maximum Gasteiger partial charge on any atom is 0.226 e. The van der Waals surface area contributed by atoms with Crippen LogP contribution in [0.3, 0.4) is 0 Å². The molecule has 25 heavy (non-hydrogen) atoms. The van der Waals surface area contributed by atoms with Gasteiger partial charge in [-0.3, -0.25) is 14.9 Å². The summed E-state index contributed by atoms with van der Waals surface area (Å²) in [7, 11) is 1.60. The lowest BCUT2D eigenvalue weighted by atomic mass is 10.2. The zero-order chi connectivity index (χ0) is 17.6. The van der Waals surface area contributed by atoms with Crippen LogP contribution in [-0.4, -0.2) is 42.7 Å². The Labute approximate surface area is 143 Å². The zero-order valence-corrected chi connectivity index (χ0v) is 13.6. The van der Waals surface area contributed by atoms with Gasteiger partial charge < -0.3 is 14.4 Å². The van der Waals surface area contributed by atoms with E-state index in [0.717, 1.165) is 17.5 Å². The minimum absolute atomic E-state index is 0.0663. The number of rotatable bonds is 7. The molecule has 0 fully saturated rings. The summed E-state index contributed by atoms with van der Waals surface area (Å²) in [5.41, 5.74) is 2.24. The maximum atomic E-state index is 12.0. The summed E-state index contributed by atoms with van der Waals surface area (Å²) in [6.07, 6.45) is 5.82. The van der Waals surface area contributed by atoms with Crippen molar-refractivity contribution in [2.24, 2.45) is 0 Å². The van der Waals surface area contributed by atoms with Crippen molar-refractivity contribution in [2.75, 3.05) is 7.11 Å².